The lowest BCUT2D eigenvalue weighted by Crippen LogP contribution is -2.24. The van der Waals surface area contributed by atoms with Crippen LogP contribution in [0.4, 0.5) is 5.69 Å². The number of thiophene rings is 1. The summed E-state index contributed by atoms with van der Waals surface area (Å²) in [6.45, 7) is 2.21. The third-order valence-corrected chi connectivity index (χ3v) is 6.58. The molecule has 0 atom stereocenters. The number of hydrogen-bond acceptors (Lipinski definition) is 4. The van der Waals surface area contributed by atoms with Crippen molar-refractivity contribution < 1.29 is 4.79 Å². The van der Waals surface area contributed by atoms with Crippen molar-refractivity contribution in [1.82, 2.24) is 9.55 Å². The number of carbonyl (C=O) groups is 1. The molecule has 0 bridgehead atoms. The van der Waals surface area contributed by atoms with E-state index in [0.717, 1.165) is 35.0 Å². The van der Waals surface area contributed by atoms with Crippen LogP contribution in [0.1, 0.15) is 35.3 Å². The fourth-order valence-corrected chi connectivity index (χ4v) is 4.86. The van der Waals surface area contributed by atoms with Gasteiger partial charge in [-0.2, -0.15) is 0 Å². The van der Waals surface area contributed by atoms with Crippen LogP contribution in [0.5, 0.6) is 0 Å². The average molecular weight is 402 g/mol. The molecule has 2 heterocycles. The van der Waals surface area contributed by atoms with E-state index < -0.39 is 0 Å². The summed E-state index contributed by atoms with van der Waals surface area (Å²) in [6, 6.07) is 5.41. The van der Waals surface area contributed by atoms with E-state index >= 15 is 0 Å². The van der Waals surface area contributed by atoms with Crippen molar-refractivity contribution in [3.63, 3.8) is 0 Å². The number of nitrogens with zero attached hydrogens (tertiary/aromatic N) is 2. The lowest BCUT2D eigenvalue weighted by atomic mass is 9.97. The van der Waals surface area contributed by atoms with Crippen molar-refractivity contribution in [3.05, 3.63) is 55.9 Å². The molecule has 0 saturated carbocycles. The van der Waals surface area contributed by atoms with Crippen LogP contribution >= 0.6 is 22.9 Å². The molecule has 4 rings (SSSR count). The summed E-state index contributed by atoms with van der Waals surface area (Å²) in [5.74, 6) is -0.158. The smallest absolute Gasteiger partial charge is 0.262 e. The van der Waals surface area contributed by atoms with Crippen molar-refractivity contribution >= 4 is 44.7 Å². The highest BCUT2D eigenvalue weighted by atomic mass is 35.5. The molecule has 27 heavy (non-hydrogen) atoms. The first-order chi connectivity index (χ1) is 13.0. The van der Waals surface area contributed by atoms with Gasteiger partial charge in [0.1, 0.15) is 4.83 Å². The summed E-state index contributed by atoms with van der Waals surface area (Å²) < 4.78 is 1.55. The Balaban J connectivity index is 1.50. The van der Waals surface area contributed by atoms with Crippen LogP contribution in [0.3, 0.4) is 0 Å². The highest BCUT2D eigenvalue weighted by Crippen LogP contribution is 2.33. The van der Waals surface area contributed by atoms with Gasteiger partial charge in [-0.1, -0.05) is 17.7 Å². The Morgan fingerprint density at radius 3 is 2.96 bits per heavy atom. The number of amides is 1. The van der Waals surface area contributed by atoms with Crippen LogP contribution in [0.15, 0.2) is 29.3 Å². The molecule has 0 unspecified atom stereocenters. The van der Waals surface area contributed by atoms with Gasteiger partial charge in [0.05, 0.1) is 11.7 Å². The van der Waals surface area contributed by atoms with Gasteiger partial charge in [0.15, 0.2) is 0 Å². The zero-order valence-electron chi connectivity index (χ0n) is 15.0. The number of aromatic nitrogens is 2. The summed E-state index contributed by atoms with van der Waals surface area (Å²) >= 11 is 7.72. The second-order valence-electron chi connectivity index (χ2n) is 6.90. The van der Waals surface area contributed by atoms with Gasteiger partial charge in [-0.05, 0) is 55.9 Å². The summed E-state index contributed by atoms with van der Waals surface area (Å²) in [5, 5.41) is 4.19. The summed E-state index contributed by atoms with van der Waals surface area (Å²) in [7, 11) is 0. The van der Waals surface area contributed by atoms with E-state index in [4.69, 9.17) is 11.6 Å². The van der Waals surface area contributed by atoms with E-state index in [0.29, 0.717) is 17.3 Å². The molecular weight excluding hydrogens is 382 g/mol. The van der Waals surface area contributed by atoms with Gasteiger partial charge in [-0.25, -0.2) is 4.98 Å². The van der Waals surface area contributed by atoms with Gasteiger partial charge in [0, 0.05) is 28.6 Å². The molecule has 1 aromatic carbocycles. The van der Waals surface area contributed by atoms with Crippen LogP contribution in [-0.4, -0.2) is 15.5 Å². The van der Waals surface area contributed by atoms with Gasteiger partial charge in [0.2, 0.25) is 5.91 Å². The first kappa shape index (κ1) is 18.2. The van der Waals surface area contributed by atoms with Crippen molar-refractivity contribution in [2.24, 2.45) is 0 Å². The zero-order valence-corrected chi connectivity index (χ0v) is 16.6. The lowest BCUT2D eigenvalue weighted by Gasteiger charge is -2.11. The molecule has 2 aromatic heterocycles. The highest BCUT2D eigenvalue weighted by Gasteiger charge is 2.20. The molecule has 0 fully saturated rings. The minimum absolute atomic E-state index is 0.0365. The van der Waals surface area contributed by atoms with E-state index in [-0.39, 0.29) is 17.9 Å². The summed E-state index contributed by atoms with van der Waals surface area (Å²) in [4.78, 5) is 31.7. The second-order valence-corrected chi connectivity index (χ2v) is 8.39. The molecule has 0 saturated heterocycles. The third kappa shape index (κ3) is 3.64. The van der Waals surface area contributed by atoms with Crippen molar-refractivity contribution in [3.8, 4) is 0 Å². The molecule has 0 aliphatic heterocycles. The van der Waals surface area contributed by atoms with Crippen molar-refractivity contribution in [2.75, 3.05) is 5.32 Å². The standard InChI is InChI=1S/C20H20ClN3O2S/c1-12-6-7-13(10-15(12)21)23-17(25)8-9-24-11-22-19-18(20(24)26)14-4-2-3-5-16(14)27-19/h6-7,10-11H,2-5,8-9H2,1H3,(H,23,25). The predicted molar refractivity (Wildman–Crippen MR) is 110 cm³/mol. The Morgan fingerprint density at radius 1 is 1.33 bits per heavy atom. The Morgan fingerprint density at radius 2 is 2.15 bits per heavy atom. The summed E-state index contributed by atoms with van der Waals surface area (Å²) in [6.07, 6.45) is 6.04. The number of benzene rings is 1. The maximum Gasteiger partial charge on any atom is 0.262 e. The van der Waals surface area contributed by atoms with Gasteiger partial charge in [0.25, 0.3) is 5.56 Å². The van der Waals surface area contributed by atoms with Crippen LogP contribution in [-0.2, 0) is 24.2 Å². The van der Waals surface area contributed by atoms with Gasteiger partial charge < -0.3 is 5.32 Å². The van der Waals surface area contributed by atoms with E-state index in [9.17, 15) is 9.59 Å². The van der Waals surface area contributed by atoms with Crippen LogP contribution in [0.25, 0.3) is 10.2 Å². The number of hydrogen-bond donors (Lipinski definition) is 1. The Labute approximate surface area is 166 Å². The van der Waals surface area contributed by atoms with Crippen LogP contribution < -0.4 is 10.9 Å². The van der Waals surface area contributed by atoms with Gasteiger partial charge >= 0.3 is 0 Å². The molecule has 1 aliphatic carbocycles. The fraction of sp³-hybridized carbons (Fsp3) is 0.350. The minimum atomic E-state index is -0.158. The van der Waals surface area contributed by atoms with Gasteiger partial charge in [-0.15, -0.1) is 11.3 Å². The topological polar surface area (TPSA) is 64.0 Å². The summed E-state index contributed by atoms with van der Waals surface area (Å²) in [5.41, 5.74) is 2.75. The third-order valence-electron chi connectivity index (χ3n) is 4.98. The number of rotatable bonds is 4. The lowest BCUT2D eigenvalue weighted by molar-refractivity contribution is -0.116. The van der Waals surface area contributed by atoms with Crippen molar-refractivity contribution in [1.29, 1.82) is 0 Å². The van der Waals surface area contributed by atoms with E-state index in [1.165, 1.54) is 16.9 Å². The molecule has 1 N–H and O–H groups in total. The molecule has 0 radical (unpaired) electrons. The number of fused-ring (bicyclic) bond motifs is 3. The first-order valence-corrected chi connectivity index (χ1v) is 10.3. The first-order valence-electron chi connectivity index (χ1n) is 9.08. The molecule has 1 aliphatic rings. The molecular formula is C20H20ClN3O2S. The average Bonchev–Trinajstić information content (AvgIpc) is 3.03. The van der Waals surface area contributed by atoms with E-state index in [1.54, 1.807) is 28.3 Å². The zero-order chi connectivity index (χ0) is 19.0. The number of aryl methyl sites for hydroxylation is 4. The molecule has 3 aromatic rings. The SMILES string of the molecule is Cc1ccc(NC(=O)CCn2cnc3sc4c(c3c2=O)CCCC4)cc1Cl. The quantitative estimate of drug-likeness (QED) is 0.707. The molecule has 140 valence electrons. The highest BCUT2D eigenvalue weighted by molar-refractivity contribution is 7.18. The van der Waals surface area contributed by atoms with E-state index in [2.05, 4.69) is 10.3 Å². The van der Waals surface area contributed by atoms with Gasteiger partial charge in [-0.3, -0.25) is 14.2 Å². The number of halogens is 1. The number of carbonyl (C=O) groups excluding carboxylic acids is 1. The largest absolute Gasteiger partial charge is 0.326 e. The minimum Gasteiger partial charge on any atom is -0.326 e. The normalized spacial score (nSPS) is 13.6. The molecule has 5 nitrogen and oxygen atoms in total. The number of anilines is 1. The predicted octanol–water partition coefficient (Wildman–Crippen LogP) is 4.33. The molecule has 1 amide bonds. The molecule has 7 heteroatoms. The second kappa shape index (κ2) is 7.44. The Kier molecular flexibility index (Phi) is 5.02. The molecule has 0 spiro atoms. The maximum atomic E-state index is 12.9. The van der Waals surface area contributed by atoms with E-state index in [1.807, 2.05) is 19.1 Å². The van der Waals surface area contributed by atoms with Crippen molar-refractivity contribution in [2.45, 2.75) is 45.6 Å². The van der Waals surface area contributed by atoms with Crippen LogP contribution in [0, 0.1) is 6.92 Å². The fourth-order valence-electron chi connectivity index (χ4n) is 3.46. The van der Waals surface area contributed by atoms with Crippen LogP contribution in [0.2, 0.25) is 5.02 Å². The Bertz CT molecular complexity index is 1090. The maximum absolute atomic E-state index is 12.9. The number of nitrogens with one attached hydrogen (secondary N) is 1. The monoisotopic (exact) mass is 401 g/mol. The Hall–Kier alpha value is -2.18.